The quantitative estimate of drug-likeness (QED) is 0.874. The summed E-state index contributed by atoms with van der Waals surface area (Å²) < 4.78 is 5.17. The Morgan fingerprint density at radius 3 is 2.25 bits per heavy atom. The number of rotatable bonds is 5. The zero-order chi connectivity index (χ0) is 14.5. The van der Waals surface area contributed by atoms with Crippen molar-refractivity contribution in [1.82, 2.24) is 5.32 Å². The smallest absolute Gasteiger partial charge is 0.137 e. The van der Waals surface area contributed by atoms with Gasteiger partial charge >= 0.3 is 0 Å². The fourth-order valence-corrected chi connectivity index (χ4v) is 2.24. The Balaban J connectivity index is 2.15. The predicted octanol–water partition coefficient (Wildman–Crippen LogP) is 4.51. The normalized spacial score (nSPS) is 10.8. The van der Waals surface area contributed by atoms with Crippen molar-refractivity contribution in [2.24, 2.45) is 0 Å². The summed E-state index contributed by atoms with van der Waals surface area (Å²) in [6.45, 7) is 5.18. The molecule has 0 atom stereocenters. The Bertz CT molecular complexity index is 564. The number of hydrogen-bond donors (Lipinski definition) is 1. The zero-order valence-electron chi connectivity index (χ0n) is 12.1. The topological polar surface area (TPSA) is 21.3 Å². The highest BCUT2D eigenvalue weighted by Crippen LogP contribution is 2.30. The van der Waals surface area contributed by atoms with Crippen LogP contribution in [0.5, 0.6) is 5.75 Å². The van der Waals surface area contributed by atoms with Crippen LogP contribution in [0.15, 0.2) is 42.5 Å². The van der Waals surface area contributed by atoms with Crippen molar-refractivity contribution in [2.75, 3.05) is 7.11 Å². The average Bonchev–Trinajstić information content (AvgIpc) is 2.45. The molecule has 0 aromatic heterocycles. The maximum Gasteiger partial charge on any atom is 0.137 e. The molecule has 20 heavy (non-hydrogen) atoms. The van der Waals surface area contributed by atoms with Crippen molar-refractivity contribution < 1.29 is 4.74 Å². The summed E-state index contributed by atoms with van der Waals surface area (Å²) in [5.41, 5.74) is 3.53. The van der Waals surface area contributed by atoms with E-state index in [9.17, 15) is 0 Å². The minimum atomic E-state index is 0.495. The highest BCUT2D eigenvalue weighted by molar-refractivity contribution is 6.32. The fourth-order valence-electron chi connectivity index (χ4n) is 1.98. The third-order valence-corrected chi connectivity index (χ3v) is 3.45. The van der Waals surface area contributed by atoms with E-state index in [1.165, 1.54) is 5.56 Å². The van der Waals surface area contributed by atoms with Gasteiger partial charge in [-0.05, 0) is 28.8 Å². The van der Waals surface area contributed by atoms with Crippen molar-refractivity contribution in [3.05, 3.63) is 53.1 Å². The second kappa shape index (κ2) is 6.78. The second-order valence-corrected chi connectivity index (χ2v) is 5.49. The van der Waals surface area contributed by atoms with Crippen LogP contribution in [0.3, 0.4) is 0 Å². The Morgan fingerprint density at radius 1 is 1.05 bits per heavy atom. The average molecular weight is 290 g/mol. The third kappa shape index (κ3) is 3.75. The number of benzene rings is 2. The number of methoxy groups -OCH3 is 1. The van der Waals surface area contributed by atoms with Crippen LogP contribution in [0.1, 0.15) is 19.4 Å². The van der Waals surface area contributed by atoms with Gasteiger partial charge < -0.3 is 10.1 Å². The molecule has 0 aliphatic rings. The van der Waals surface area contributed by atoms with Gasteiger partial charge in [-0.1, -0.05) is 55.8 Å². The van der Waals surface area contributed by atoms with Gasteiger partial charge in [0.25, 0.3) is 0 Å². The monoisotopic (exact) mass is 289 g/mol. The molecule has 0 aliphatic carbocycles. The molecular formula is C17H20ClNO. The number of hydrogen-bond acceptors (Lipinski definition) is 2. The van der Waals surface area contributed by atoms with E-state index in [-0.39, 0.29) is 0 Å². The summed E-state index contributed by atoms with van der Waals surface area (Å²) in [6, 6.07) is 14.9. The van der Waals surface area contributed by atoms with E-state index in [1.54, 1.807) is 7.11 Å². The van der Waals surface area contributed by atoms with Crippen molar-refractivity contribution in [1.29, 1.82) is 0 Å². The molecular weight excluding hydrogens is 270 g/mol. The predicted molar refractivity (Wildman–Crippen MR) is 85.4 cm³/mol. The summed E-state index contributed by atoms with van der Waals surface area (Å²) in [7, 11) is 1.62. The Labute approximate surface area is 125 Å². The first-order chi connectivity index (χ1) is 9.60. The molecule has 0 heterocycles. The summed E-state index contributed by atoms with van der Waals surface area (Å²) in [4.78, 5) is 0. The largest absolute Gasteiger partial charge is 0.495 e. The van der Waals surface area contributed by atoms with Gasteiger partial charge in [-0.25, -0.2) is 0 Å². The molecule has 0 aliphatic heterocycles. The first-order valence-electron chi connectivity index (χ1n) is 6.76. The van der Waals surface area contributed by atoms with Gasteiger partial charge in [0.05, 0.1) is 12.1 Å². The lowest BCUT2D eigenvalue weighted by Gasteiger charge is -2.09. The lowest BCUT2D eigenvalue weighted by atomic mass is 10.0. The van der Waals surface area contributed by atoms with Crippen LogP contribution in [-0.4, -0.2) is 13.2 Å². The van der Waals surface area contributed by atoms with E-state index < -0.39 is 0 Å². The highest BCUT2D eigenvalue weighted by Gasteiger charge is 2.04. The van der Waals surface area contributed by atoms with Crippen molar-refractivity contribution in [2.45, 2.75) is 26.4 Å². The minimum absolute atomic E-state index is 0.495. The van der Waals surface area contributed by atoms with E-state index in [0.29, 0.717) is 16.8 Å². The van der Waals surface area contributed by atoms with Gasteiger partial charge in [0.1, 0.15) is 5.75 Å². The second-order valence-electron chi connectivity index (χ2n) is 5.08. The molecule has 2 rings (SSSR count). The van der Waals surface area contributed by atoms with Crippen LogP contribution in [-0.2, 0) is 6.54 Å². The van der Waals surface area contributed by atoms with Gasteiger partial charge in [-0.2, -0.15) is 0 Å². The lowest BCUT2D eigenvalue weighted by Crippen LogP contribution is -2.21. The Hall–Kier alpha value is -1.51. The molecule has 0 spiro atoms. The van der Waals surface area contributed by atoms with Gasteiger partial charge in [-0.3, -0.25) is 0 Å². The molecule has 2 aromatic rings. The molecule has 0 fully saturated rings. The first kappa shape index (κ1) is 14.9. The zero-order valence-corrected chi connectivity index (χ0v) is 12.9. The van der Waals surface area contributed by atoms with E-state index >= 15 is 0 Å². The number of halogens is 1. The maximum absolute atomic E-state index is 6.16. The van der Waals surface area contributed by atoms with E-state index in [2.05, 4.69) is 43.4 Å². The maximum atomic E-state index is 6.16. The van der Waals surface area contributed by atoms with Crippen molar-refractivity contribution in [3.8, 4) is 16.9 Å². The summed E-state index contributed by atoms with van der Waals surface area (Å²) in [6.07, 6.45) is 0. The molecule has 0 saturated carbocycles. The molecule has 2 aromatic carbocycles. The SMILES string of the molecule is COc1ccc(-c2ccc(CNC(C)C)cc2)cc1Cl. The van der Waals surface area contributed by atoms with Gasteiger partial charge in [-0.15, -0.1) is 0 Å². The molecule has 106 valence electrons. The summed E-state index contributed by atoms with van der Waals surface area (Å²) in [5.74, 6) is 0.702. The van der Waals surface area contributed by atoms with Crippen LogP contribution >= 0.6 is 11.6 Å². The highest BCUT2D eigenvalue weighted by atomic mass is 35.5. The van der Waals surface area contributed by atoms with Crippen LogP contribution < -0.4 is 10.1 Å². The van der Waals surface area contributed by atoms with Crippen LogP contribution in [0.4, 0.5) is 0 Å². The van der Waals surface area contributed by atoms with Gasteiger partial charge in [0.2, 0.25) is 0 Å². The molecule has 1 N–H and O–H groups in total. The van der Waals surface area contributed by atoms with E-state index in [1.807, 2.05) is 18.2 Å². The van der Waals surface area contributed by atoms with Crippen LogP contribution in [0, 0.1) is 0 Å². The van der Waals surface area contributed by atoms with E-state index in [0.717, 1.165) is 17.7 Å². The standard InChI is InChI=1S/C17H20ClNO/c1-12(2)19-11-13-4-6-14(7-5-13)15-8-9-17(20-3)16(18)10-15/h4-10,12,19H,11H2,1-3H3. The third-order valence-electron chi connectivity index (χ3n) is 3.15. The number of ether oxygens (including phenoxy) is 1. The van der Waals surface area contributed by atoms with Gasteiger partial charge in [0, 0.05) is 12.6 Å². The Kier molecular flexibility index (Phi) is 5.05. The number of nitrogens with one attached hydrogen (secondary N) is 1. The van der Waals surface area contributed by atoms with Crippen molar-refractivity contribution >= 4 is 11.6 Å². The first-order valence-corrected chi connectivity index (χ1v) is 7.14. The summed E-state index contributed by atoms with van der Waals surface area (Å²) >= 11 is 6.16. The molecule has 0 unspecified atom stereocenters. The molecule has 0 radical (unpaired) electrons. The molecule has 0 bridgehead atoms. The summed E-state index contributed by atoms with van der Waals surface area (Å²) in [5, 5.41) is 4.04. The molecule has 3 heteroatoms. The molecule has 0 saturated heterocycles. The molecule has 2 nitrogen and oxygen atoms in total. The lowest BCUT2D eigenvalue weighted by molar-refractivity contribution is 0.415. The van der Waals surface area contributed by atoms with Gasteiger partial charge in [0.15, 0.2) is 0 Å². The minimum Gasteiger partial charge on any atom is -0.495 e. The van der Waals surface area contributed by atoms with Crippen molar-refractivity contribution in [3.63, 3.8) is 0 Å². The van der Waals surface area contributed by atoms with E-state index in [4.69, 9.17) is 16.3 Å². The fraction of sp³-hybridized carbons (Fsp3) is 0.294. The molecule has 0 amide bonds. The van der Waals surface area contributed by atoms with Crippen LogP contribution in [0.25, 0.3) is 11.1 Å². The van der Waals surface area contributed by atoms with Crippen LogP contribution in [0.2, 0.25) is 5.02 Å². The Morgan fingerprint density at radius 2 is 1.70 bits per heavy atom.